The van der Waals surface area contributed by atoms with Crippen LogP contribution in [0.25, 0.3) is 0 Å². The predicted molar refractivity (Wildman–Crippen MR) is 101 cm³/mol. The van der Waals surface area contributed by atoms with Gasteiger partial charge in [0.2, 0.25) is 0 Å². The molecule has 1 aromatic carbocycles. The average Bonchev–Trinajstić information content (AvgIpc) is 2.87. The Morgan fingerprint density at radius 2 is 2.22 bits per heavy atom. The lowest BCUT2D eigenvalue weighted by Gasteiger charge is -2.08. The Hall–Kier alpha value is -1.33. The zero-order valence-corrected chi connectivity index (χ0v) is 16.1. The first-order valence-corrected chi connectivity index (χ1v) is 8.57. The molecule has 0 spiro atoms. The van der Waals surface area contributed by atoms with E-state index in [4.69, 9.17) is 23.8 Å². The van der Waals surface area contributed by atoms with E-state index >= 15 is 0 Å². The quantitative estimate of drug-likeness (QED) is 0.535. The number of nitrogens with zero attached hydrogens (tertiary/aromatic N) is 4. The second-order valence-corrected chi connectivity index (χ2v) is 7.16. The standard InChI is InChI=1S/C13H14ClIN6OS/c1-7(2)6-21-19-12(18-20-21)17-13(23)16-11(22)9-5-8(15)3-4-10(9)14/h3-5,7H,6H2,1-2H3,(H2,16,17,19,22,23). The summed E-state index contributed by atoms with van der Waals surface area (Å²) in [5.41, 5.74) is 0.346. The molecule has 2 rings (SSSR count). The summed E-state index contributed by atoms with van der Waals surface area (Å²) in [6.07, 6.45) is 0. The molecule has 122 valence electrons. The number of hydrogen-bond donors (Lipinski definition) is 2. The number of aromatic nitrogens is 4. The molecule has 0 unspecified atom stereocenters. The van der Waals surface area contributed by atoms with Gasteiger partial charge in [0.1, 0.15) is 0 Å². The topological polar surface area (TPSA) is 84.7 Å². The summed E-state index contributed by atoms with van der Waals surface area (Å²) in [5, 5.41) is 17.5. The van der Waals surface area contributed by atoms with Crippen LogP contribution in [-0.2, 0) is 6.54 Å². The van der Waals surface area contributed by atoms with Gasteiger partial charge in [-0.05, 0) is 64.1 Å². The van der Waals surface area contributed by atoms with Gasteiger partial charge in [0, 0.05) is 3.57 Å². The number of carbonyl (C=O) groups excluding carboxylic acids is 1. The van der Waals surface area contributed by atoms with Crippen molar-refractivity contribution in [2.75, 3.05) is 5.32 Å². The normalized spacial score (nSPS) is 10.7. The summed E-state index contributed by atoms with van der Waals surface area (Å²) >= 11 is 13.2. The number of nitrogens with one attached hydrogen (secondary N) is 2. The van der Waals surface area contributed by atoms with Crippen molar-refractivity contribution in [3.05, 3.63) is 32.4 Å². The molecule has 0 saturated heterocycles. The third-order valence-electron chi connectivity index (χ3n) is 2.61. The number of rotatable bonds is 4. The van der Waals surface area contributed by atoms with Gasteiger partial charge >= 0.3 is 0 Å². The van der Waals surface area contributed by atoms with E-state index in [1.54, 1.807) is 12.1 Å². The van der Waals surface area contributed by atoms with Crippen LogP contribution in [0.1, 0.15) is 24.2 Å². The van der Waals surface area contributed by atoms with E-state index in [1.807, 2.05) is 19.9 Å². The molecule has 0 saturated carbocycles. The van der Waals surface area contributed by atoms with Crippen molar-refractivity contribution in [1.29, 1.82) is 0 Å². The fourth-order valence-electron chi connectivity index (χ4n) is 1.67. The number of halogens is 2. The summed E-state index contributed by atoms with van der Waals surface area (Å²) in [7, 11) is 0. The highest BCUT2D eigenvalue weighted by Gasteiger charge is 2.13. The summed E-state index contributed by atoms with van der Waals surface area (Å²) in [6, 6.07) is 5.15. The molecular formula is C13H14ClIN6OS. The lowest BCUT2D eigenvalue weighted by Crippen LogP contribution is -2.34. The molecule has 0 atom stereocenters. The molecule has 10 heteroatoms. The molecule has 23 heavy (non-hydrogen) atoms. The molecule has 1 aromatic heterocycles. The van der Waals surface area contributed by atoms with Gasteiger partial charge in [-0.25, -0.2) is 0 Å². The minimum Gasteiger partial charge on any atom is -0.299 e. The number of hydrogen-bond acceptors (Lipinski definition) is 5. The highest BCUT2D eigenvalue weighted by atomic mass is 127. The van der Waals surface area contributed by atoms with E-state index in [1.165, 1.54) is 4.80 Å². The third-order valence-corrected chi connectivity index (χ3v) is 3.81. The van der Waals surface area contributed by atoms with E-state index in [0.717, 1.165) is 3.57 Å². The first-order valence-electron chi connectivity index (χ1n) is 6.70. The van der Waals surface area contributed by atoms with E-state index in [2.05, 4.69) is 48.6 Å². The molecule has 0 bridgehead atoms. The minimum absolute atomic E-state index is 0.0778. The van der Waals surface area contributed by atoms with Crippen molar-refractivity contribution < 1.29 is 4.79 Å². The van der Waals surface area contributed by atoms with Gasteiger partial charge in [0.25, 0.3) is 11.9 Å². The van der Waals surface area contributed by atoms with Crippen LogP contribution in [0.4, 0.5) is 5.95 Å². The third kappa shape index (κ3) is 5.36. The maximum Gasteiger partial charge on any atom is 0.269 e. The Bertz CT molecular complexity index is 735. The molecule has 0 aliphatic carbocycles. The van der Waals surface area contributed by atoms with Gasteiger partial charge in [-0.2, -0.15) is 4.80 Å². The fraction of sp³-hybridized carbons (Fsp3) is 0.308. The molecule has 1 amide bonds. The number of anilines is 1. The Morgan fingerprint density at radius 3 is 2.91 bits per heavy atom. The van der Waals surface area contributed by atoms with Crippen molar-refractivity contribution in [1.82, 2.24) is 25.5 Å². The SMILES string of the molecule is CC(C)Cn1nnc(NC(=S)NC(=O)c2cc(I)ccc2Cl)n1. The first kappa shape index (κ1) is 18.0. The molecule has 0 aliphatic rings. The van der Waals surface area contributed by atoms with E-state index < -0.39 is 5.91 Å². The molecule has 0 fully saturated rings. The molecule has 0 aliphatic heterocycles. The Kier molecular flexibility index (Phi) is 6.25. The van der Waals surface area contributed by atoms with Gasteiger partial charge in [0.05, 0.1) is 17.1 Å². The van der Waals surface area contributed by atoms with Gasteiger partial charge in [0.15, 0.2) is 5.11 Å². The zero-order valence-electron chi connectivity index (χ0n) is 12.4. The number of thiocarbonyl (C=S) groups is 1. The van der Waals surface area contributed by atoms with Crippen molar-refractivity contribution in [3.63, 3.8) is 0 Å². The van der Waals surface area contributed by atoms with Crippen LogP contribution in [0.5, 0.6) is 0 Å². The molecular weight excluding hydrogens is 451 g/mol. The molecule has 7 nitrogen and oxygen atoms in total. The van der Waals surface area contributed by atoms with Crippen LogP contribution in [-0.4, -0.2) is 31.2 Å². The molecule has 2 aromatic rings. The number of carbonyl (C=O) groups is 1. The van der Waals surface area contributed by atoms with Crippen LogP contribution in [0, 0.1) is 9.49 Å². The van der Waals surface area contributed by atoms with Gasteiger partial charge < -0.3 is 0 Å². The van der Waals surface area contributed by atoms with Crippen LogP contribution in [0.2, 0.25) is 5.02 Å². The number of benzene rings is 1. The summed E-state index contributed by atoms with van der Waals surface area (Å²) in [5.74, 6) is 0.219. The van der Waals surface area contributed by atoms with Crippen LogP contribution in [0.15, 0.2) is 18.2 Å². The fourth-order valence-corrected chi connectivity index (χ4v) is 2.55. The maximum atomic E-state index is 12.2. The van der Waals surface area contributed by atoms with Gasteiger partial charge in [-0.1, -0.05) is 30.5 Å². The highest BCUT2D eigenvalue weighted by molar-refractivity contribution is 14.1. The smallest absolute Gasteiger partial charge is 0.269 e. The second kappa shape index (κ2) is 7.97. The van der Waals surface area contributed by atoms with E-state index in [9.17, 15) is 4.79 Å². The van der Waals surface area contributed by atoms with Crippen LogP contribution >= 0.6 is 46.4 Å². The van der Waals surface area contributed by atoms with Crippen LogP contribution in [0.3, 0.4) is 0 Å². The minimum atomic E-state index is -0.402. The Balaban J connectivity index is 1.97. The van der Waals surface area contributed by atoms with E-state index in [-0.39, 0.29) is 11.1 Å². The maximum absolute atomic E-state index is 12.2. The molecule has 1 heterocycles. The largest absolute Gasteiger partial charge is 0.299 e. The lowest BCUT2D eigenvalue weighted by atomic mass is 10.2. The summed E-state index contributed by atoms with van der Waals surface area (Å²) in [6.45, 7) is 4.74. The second-order valence-electron chi connectivity index (χ2n) is 5.09. The lowest BCUT2D eigenvalue weighted by molar-refractivity contribution is 0.0978. The van der Waals surface area contributed by atoms with Gasteiger partial charge in [-0.3, -0.25) is 15.4 Å². The van der Waals surface area contributed by atoms with Gasteiger partial charge in [-0.15, -0.1) is 5.10 Å². The van der Waals surface area contributed by atoms with Crippen molar-refractivity contribution in [3.8, 4) is 0 Å². The number of amides is 1. The molecule has 2 N–H and O–H groups in total. The number of tetrazole rings is 1. The summed E-state index contributed by atoms with van der Waals surface area (Å²) in [4.78, 5) is 13.6. The first-order chi connectivity index (χ1) is 10.8. The monoisotopic (exact) mass is 464 g/mol. The molecule has 0 radical (unpaired) electrons. The highest BCUT2D eigenvalue weighted by Crippen LogP contribution is 2.18. The van der Waals surface area contributed by atoms with Crippen LogP contribution < -0.4 is 10.6 Å². The zero-order chi connectivity index (χ0) is 17.0. The van der Waals surface area contributed by atoms with Crippen molar-refractivity contribution in [2.24, 2.45) is 5.92 Å². The van der Waals surface area contributed by atoms with Crippen molar-refractivity contribution in [2.45, 2.75) is 20.4 Å². The summed E-state index contributed by atoms with van der Waals surface area (Å²) < 4.78 is 0.898. The van der Waals surface area contributed by atoms with Crippen molar-refractivity contribution >= 4 is 63.4 Å². The Labute approximate surface area is 157 Å². The average molecular weight is 465 g/mol. The van der Waals surface area contributed by atoms with E-state index in [0.29, 0.717) is 23.0 Å². The predicted octanol–water partition coefficient (Wildman–Crippen LogP) is 2.71. The Morgan fingerprint density at radius 1 is 1.48 bits per heavy atom.